The molecule has 0 radical (unpaired) electrons. The first-order valence-corrected chi connectivity index (χ1v) is 4.14. The number of carbonyl (C=O) groups excluding carboxylic acids is 1. The van der Waals surface area contributed by atoms with Crippen LogP contribution in [0, 0.1) is 6.92 Å². The summed E-state index contributed by atoms with van der Waals surface area (Å²) in [7, 11) is 0. The topological polar surface area (TPSA) is 17.1 Å². The lowest BCUT2D eigenvalue weighted by atomic mass is 10.0. The molecule has 0 aliphatic carbocycles. The van der Waals surface area contributed by atoms with Gasteiger partial charge in [0.15, 0.2) is 0 Å². The van der Waals surface area contributed by atoms with E-state index in [9.17, 15) is 22.4 Å². The molecule has 0 aromatic heterocycles. The van der Waals surface area contributed by atoms with Crippen LogP contribution in [0.3, 0.4) is 0 Å². The molecule has 5 heteroatoms. The molecular formula is C10H8F4O. The van der Waals surface area contributed by atoms with Gasteiger partial charge in [0.25, 0.3) is 6.17 Å². The van der Waals surface area contributed by atoms with Crippen LogP contribution in [0.1, 0.15) is 15.9 Å². The summed E-state index contributed by atoms with van der Waals surface area (Å²) in [5.74, 6) is -1.55. The number of ketones is 1. The highest BCUT2D eigenvalue weighted by molar-refractivity contribution is 6.00. The molecule has 0 bridgehead atoms. The Bertz CT molecular complexity index is 370. The van der Waals surface area contributed by atoms with Crippen molar-refractivity contribution in [3.63, 3.8) is 0 Å². The zero-order chi connectivity index (χ0) is 11.6. The molecule has 0 aliphatic rings. The standard InChI is InChI=1S/C10H8F4O/c1-6-3-2-4-7(5-6)8(15)9(11)10(12,13)14/h2-5,9H,1H3. The van der Waals surface area contributed by atoms with Gasteiger partial charge in [0, 0.05) is 5.56 Å². The van der Waals surface area contributed by atoms with Crippen molar-refractivity contribution >= 4 is 5.78 Å². The second kappa shape index (κ2) is 4.00. The Kier molecular flexibility index (Phi) is 3.12. The van der Waals surface area contributed by atoms with Crippen LogP contribution >= 0.6 is 0 Å². The molecule has 0 heterocycles. The fourth-order valence-electron chi connectivity index (χ4n) is 1.09. The fraction of sp³-hybridized carbons (Fsp3) is 0.300. The minimum Gasteiger partial charge on any atom is -0.290 e. The Labute approximate surface area is 83.7 Å². The highest BCUT2D eigenvalue weighted by atomic mass is 19.4. The van der Waals surface area contributed by atoms with E-state index in [-0.39, 0.29) is 5.56 Å². The Morgan fingerprint density at radius 1 is 1.33 bits per heavy atom. The highest BCUT2D eigenvalue weighted by Gasteiger charge is 2.45. The van der Waals surface area contributed by atoms with E-state index in [1.54, 1.807) is 13.0 Å². The van der Waals surface area contributed by atoms with Crippen LogP contribution in [0.15, 0.2) is 24.3 Å². The summed E-state index contributed by atoms with van der Waals surface area (Å²) in [5.41, 5.74) is 0.343. The third kappa shape index (κ3) is 2.78. The number of rotatable bonds is 2. The molecule has 1 unspecified atom stereocenters. The van der Waals surface area contributed by atoms with Gasteiger partial charge in [-0.3, -0.25) is 4.79 Å². The molecule has 0 saturated carbocycles. The third-order valence-corrected chi connectivity index (χ3v) is 1.82. The van der Waals surface area contributed by atoms with Gasteiger partial charge < -0.3 is 0 Å². The average Bonchev–Trinajstić information content (AvgIpc) is 2.14. The summed E-state index contributed by atoms with van der Waals surface area (Å²) in [6.45, 7) is 1.61. The molecule has 0 spiro atoms. The van der Waals surface area contributed by atoms with E-state index in [1.807, 2.05) is 0 Å². The smallest absolute Gasteiger partial charge is 0.290 e. The van der Waals surface area contributed by atoms with Gasteiger partial charge in [-0.05, 0) is 13.0 Å². The van der Waals surface area contributed by atoms with E-state index >= 15 is 0 Å². The normalized spacial score (nSPS) is 13.7. The predicted octanol–water partition coefficient (Wildman–Crippen LogP) is 3.08. The molecule has 0 N–H and O–H groups in total. The molecule has 1 rings (SSSR count). The largest absolute Gasteiger partial charge is 0.427 e. The maximum atomic E-state index is 12.6. The zero-order valence-corrected chi connectivity index (χ0v) is 7.81. The lowest BCUT2D eigenvalue weighted by Crippen LogP contribution is -2.32. The van der Waals surface area contributed by atoms with Crippen molar-refractivity contribution in [2.24, 2.45) is 0 Å². The summed E-state index contributed by atoms with van der Waals surface area (Å²) in [6.07, 6.45) is -8.58. The van der Waals surface area contributed by atoms with Crippen LogP contribution in [0.25, 0.3) is 0 Å². The lowest BCUT2D eigenvalue weighted by Gasteiger charge is -2.11. The van der Waals surface area contributed by atoms with E-state index < -0.39 is 18.1 Å². The second-order valence-electron chi connectivity index (χ2n) is 3.14. The summed E-state index contributed by atoms with van der Waals surface area (Å²) in [6, 6.07) is 5.40. The van der Waals surface area contributed by atoms with Gasteiger partial charge in [-0.15, -0.1) is 0 Å². The van der Waals surface area contributed by atoms with Gasteiger partial charge in [-0.1, -0.05) is 23.8 Å². The predicted molar refractivity (Wildman–Crippen MR) is 46.5 cm³/mol. The Morgan fingerprint density at radius 3 is 2.40 bits per heavy atom. The van der Waals surface area contributed by atoms with Crippen molar-refractivity contribution in [1.29, 1.82) is 0 Å². The van der Waals surface area contributed by atoms with Gasteiger partial charge in [0.1, 0.15) is 0 Å². The molecular weight excluding hydrogens is 212 g/mol. The van der Waals surface area contributed by atoms with E-state index in [2.05, 4.69) is 0 Å². The van der Waals surface area contributed by atoms with Gasteiger partial charge >= 0.3 is 6.18 Å². The number of hydrogen-bond acceptors (Lipinski definition) is 1. The number of Topliss-reactive ketones (excluding diaryl/α,β-unsaturated/α-hetero) is 1. The molecule has 1 aromatic carbocycles. The van der Waals surface area contributed by atoms with Gasteiger partial charge in [-0.2, -0.15) is 13.2 Å². The average molecular weight is 220 g/mol. The summed E-state index contributed by atoms with van der Waals surface area (Å²) in [5, 5.41) is 0. The monoisotopic (exact) mass is 220 g/mol. The number of halogens is 4. The molecule has 0 aliphatic heterocycles. The molecule has 1 atom stereocenters. The first kappa shape index (κ1) is 11.7. The third-order valence-electron chi connectivity index (χ3n) is 1.82. The lowest BCUT2D eigenvalue weighted by molar-refractivity contribution is -0.165. The SMILES string of the molecule is Cc1cccc(C(=O)C(F)C(F)(F)F)c1. The number of carbonyl (C=O) groups is 1. The Balaban J connectivity index is 2.95. The van der Waals surface area contributed by atoms with Crippen LogP contribution in [0.4, 0.5) is 17.6 Å². The molecule has 0 saturated heterocycles. The van der Waals surface area contributed by atoms with E-state index in [4.69, 9.17) is 0 Å². The van der Waals surface area contributed by atoms with Crippen LogP contribution in [-0.4, -0.2) is 18.1 Å². The minimum absolute atomic E-state index is 0.264. The zero-order valence-electron chi connectivity index (χ0n) is 7.81. The molecule has 1 aromatic rings. The van der Waals surface area contributed by atoms with E-state index in [1.165, 1.54) is 12.1 Å². The van der Waals surface area contributed by atoms with Crippen molar-refractivity contribution in [1.82, 2.24) is 0 Å². The van der Waals surface area contributed by atoms with Gasteiger partial charge in [-0.25, -0.2) is 4.39 Å². The molecule has 0 fully saturated rings. The molecule has 15 heavy (non-hydrogen) atoms. The Hall–Kier alpha value is -1.39. The van der Waals surface area contributed by atoms with Gasteiger partial charge in [0.05, 0.1) is 0 Å². The first-order valence-electron chi connectivity index (χ1n) is 4.14. The summed E-state index contributed by atoms with van der Waals surface area (Å²) < 4.78 is 48.3. The number of alkyl halides is 4. The maximum Gasteiger partial charge on any atom is 0.427 e. The van der Waals surface area contributed by atoms with E-state index in [0.717, 1.165) is 6.07 Å². The van der Waals surface area contributed by atoms with Crippen molar-refractivity contribution < 1.29 is 22.4 Å². The van der Waals surface area contributed by atoms with Crippen LogP contribution in [0.5, 0.6) is 0 Å². The van der Waals surface area contributed by atoms with Crippen molar-refractivity contribution in [2.45, 2.75) is 19.3 Å². The second-order valence-corrected chi connectivity index (χ2v) is 3.14. The van der Waals surface area contributed by atoms with Crippen LogP contribution < -0.4 is 0 Å². The summed E-state index contributed by atoms with van der Waals surface area (Å²) >= 11 is 0. The summed E-state index contributed by atoms with van der Waals surface area (Å²) in [4.78, 5) is 11.0. The number of aryl methyl sites for hydroxylation is 1. The van der Waals surface area contributed by atoms with Crippen molar-refractivity contribution in [2.75, 3.05) is 0 Å². The molecule has 82 valence electrons. The quantitative estimate of drug-likeness (QED) is 0.553. The van der Waals surface area contributed by atoms with Crippen LogP contribution in [0.2, 0.25) is 0 Å². The highest BCUT2D eigenvalue weighted by Crippen LogP contribution is 2.26. The Morgan fingerprint density at radius 2 is 1.93 bits per heavy atom. The van der Waals surface area contributed by atoms with Crippen LogP contribution in [-0.2, 0) is 0 Å². The van der Waals surface area contributed by atoms with Crippen molar-refractivity contribution in [3.8, 4) is 0 Å². The molecule has 1 nitrogen and oxygen atoms in total. The first-order chi connectivity index (χ1) is 6.82. The van der Waals surface area contributed by atoms with E-state index in [0.29, 0.717) is 5.56 Å². The number of hydrogen-bond donors (Lipinski definition) is 0. The van der Waals surface area contributed by atoms with Gasteiger partial charge in [0.2, 0.25) is 5.78 Å². The maximum absolute atomic E-state index is 12.6. The minimum atomic E-state index is -5.14. The van der Waals surface area contributed by atoms with Crippen molar-refractivity contribution in [3.05, 3.63) is 35.4 Å². The number of benzene rings is 1. The fourth-order valence-corrected chi connectivity index (χ4v) is 1.09. The molecule has 0 amide bonds.